The number of hydrogen-bond acceptors (Lipinski definition) is 2. The van der Waals surface area contributed by atoms with Crippen molar-refractivity contribution in [2.24, 2.45) is 5.41 Å². The molecule has 1 N–H and O–H groups in total. The van der Waals surface area contributed by atoms with Crippen LogP contribution in [0.1, 0.15) is 56.4 Å². The van der Waals surface area contributed by atoms with Crippen LogP contribution in [0.4, 0.5) is 0 Å². The zero-order valence-electron chi connectivity index (χ0n) is 11.0. The number of aliphatic hydroxyl groups excluding tert-OH is 1. The van der Waals surface area contributed by atoms with Gasteiger partial charge in [-0.25, -0.2) is 0 Å². The lowest BCUT2D eigenvalue weighted by atomic mass is 9.87. The van der Waals surface area contributed by atoms with Gasteiger partial charge in [-0.15, -0.1) is 0 Å². The maximum Gasteiger partial charge on any atom is 0.0790 e. The fourth-order valence-corrected chi connectivity index (χ4v) is 2.14. The van der Waals surface area contributed by atoms with Gasteiger partial charge in [0.1, 0.15) is 0 Å². The highest BCUT2D eigenvalue weighted by Gasteiger charge is 2.17. The van der Waals surface area contributed by atoms with E-state index in [1.807, 2.05) is 6.07 Å². The number of rotatable bonds is 3. The van der Waals surface area contributed by atoms with Gasteiger partial charge in [-0.05, 0) is 34.9 Å². The van der Waals surface area contributed by atoms with Gasteiger partial charge >= 0.3 is 0 Å². The van der Waals surface area contributed by atoms with Gasteiger partial charge in [0.05, 0.1) is 19.3 Å². The molecule has 94 valence electrons. The Bertz CT molecular complexity index is 390. The van der Waals surface area contributed by atoms with Gasteiger partial charge in [0.15, 0.2) is 0 Å². The number of benzene rings is 1. The first kappa shape index (κ1) is 12.6. The van der Waals surface area contributed by atoms with Gasteiger partial charge in [0, 0.05) is 0 Å². The van der Waals surface area contributed by atoms with E-state index in [4.69, 9.17) is 4.74 Å². The van der Waals surface area contributed by atoms with Crippen molar-refractivity contribution in [3.05, 3.63) is 34.9 Å². The van der Waals surface area contributed by atoms with Crippen LogP contribution in [0.2, 0.25) is 0 Å². The molecule has 0 radical (unpaired) electrons. The first-order chi connectivity index (χ1) is 7.96. The maximum atomic E-state index is 10.2. The van der Waals surface area contributed by atoms with Crippen molar-refractivity contribution >= 4 is 0 Å². The fourth-order valence-electron chi connectivity index (χ4n) is 2.14. The number of fused-ring (bicyclic) bond motifs is 1. The smallest absolute Gasteiger partial charge is 0.0790 e. The normalized spacial score (nSPS) is 16.9. The molecule has 0 aliphatic carbocycles. The van der Waals surface area contributed by atoms with Crippen LogP contribution in [0.3, 0.4) is 0 Å². The Labute approximate surface area is 104 Å². The largest absolute Gasteiger partial charge is 0.388 e. The second kappa shape index (κ2) is 4.79. The molecule has 0 spiro atoms. The van der Waals surface area contributed by atoms with E-state index in [0.29, 0.717) is 13.2 Å². The van der Waals surface area contributed by atoms with Crippen LogP contribution in [0.25, 0.3) is 0 Å². The predicted octanol–water partition coefficient (Wildman–Crippen LogP) is 3.58. The zero-order valence-corrected chi connectivity index (χ0v) is 11.0. The second-order valence-electron chi connectivity index (χ2n) is 6.14. The minimum atomic E-state index is -0.347. The van der Waals surface area contributed by atoms with E-state index in [2.05, 4.69) is 32.9 Å². The third kappa shape index (κ3) is 3.30. The molecular formula is C15H22O2. The van der Waals surface area contributed by atoms with Crippen LogP contribution >= 0.6 is 0 Å². The summed E-state index contributed by atoms with van der Waals surface area (Å²) in [5.41, 5.74) is 3.80. The lowest BCUT2D eigenvalue weighted by Crippen LogP contribution is -2.08. The van der Waals surface area contributed by atoms with Gasteiger partial charge in [-0.2, -0.15) is 0 Å². The Morgan fingerprint density at radius 3 is 2.65 bits per heavy atom. The van der Waals surface area contributed by atoms with Gasteiger partial charge in [-0.1, -0.05) is 39.0 Å². The van der Waals surface area contributed by atoms with Gasteiger partial charge < -0.3 is 9.84 Å². The molecule has 0 aromatic heterocycles. The summed E-state index contributed by atoms with van der Waals surface area (Å²) in [4.78, 5) is 0. The van der Waals surface area contributed by atoms with E-state index in [-0.39, 0.29) is 11.5 Å². The molecule has 1 aromatic carbocycles. The van der Waals surface area contributed by atoms with Gasteiger partial charge in [0.25, 0.3) is 0 Å². The number of hydrogen-bond donors (Lipinski definition) is 1. The molecule has 0 amide bonds. The molecule has 1 aromatic rings. The van der Waals surface area contributed by atoms with E-state index in [1.54, 1.807) is 0 Å². The molecule has 2 nitrogen and oxygen atoms in total. The van der Waals surface area contributed by atoms with Crippen LogP contribution < -0.4 is 0 Å². The molecule has 1 aliphatic heterocycles. The predicted molar refractivity (Wildman–Crippen MR) is 68.6 cm³/mol. The van der Waals surface area contributed by atoms with Gasteiger partial charge in [0.2, 0.25) is 0 Å². The summed E-state index contributed by atoms with van der Waals surface area (Å²) in [7, 11) is 0. The summed E-state index contributed by atoms with van der Waals surface area (Å²) in [5, 5.41) is 10.2. The quantitative estimate of drug-likeness (QED) is 0.866. The third-order valence-electron chi connectivity index (χ3n) is 3.30. The van der Waals surface area contributed by atoms with E-state index in [9.17, 15) is 5.11 Å². The minimum Gasteiger partial charge on any atom is -0.388 e. The summed E-state index contributed by atoms with van der Waals surface area (Å²) in [6.45, 7) is 8.02. The van der Waals surface area contributed by atoms with Crippen molar-refractivity contribution in [2.45, 2.75) is 52.9 Å². The fraction of sp³-hybridized carbons (Fsp3) is 0.600. The van der Waals surface area contributed by atoms with E-state index >= 15 is 0 Å². The van der Waals surface area contributed by atoms with Crippen molar-refractivity contribution < 1.29 is 9.84 Å². The molecule has 2 rings (SSSR count). The van der Waals surface area contributed by atoms with Crippen molar-refractivity contribution in [1.82, 2.24) is 0 Å². The third-order valence-corrected chi connectivity index (χ3v) is 3.30. The molecule has 1 heterocycles. The van der Waals surface area contributed by atoms with Gasteiger partial charge in [-0.3, -0.25) is 0 Å². The first-order valence-electron chi connectivity index (χ1n) is 6.33. The molecule has 1 aliphatic rings. The average Bonchev–Trinajstić information content (AvgIpc) is 2.71. The molecule has 2 heteroatoms. The molecule has 1 atom stereocenters. The monoisotopic (exact) mass is 234 g/mol. The van der Waals surface area contributed by atoms with Crippen molar-refractivity contribution in [3.63, 3.8) is 0 Å². The lowest BCUT2D eigenvalue weighted by molar-refractivity contribution is 0.134. The maximum absolute atomic E-state index is 10.2. The molecule has 1 unspecified atom stereocenters. The van der Waals surface area contributed by atoms with Crippen molar-refractivity contribution in [1.29, 1.82) is 0 Å². The standard InChI is InChI=1S/C15H22O2/c1-15(2,3)7-6-14(16)11-4-5-12-9-17-10-13(12)8-11/h4-5,8,14,16H,6-7,9-10H2,1-3H3. The molecule has 17 heavy (non-hydrogen) atoms. The molecule has 0 fully saturated rings. The Balaban J connectivity index is 2.02. The SMILES string of the molecule is CC(C)(C)CCC(O)c1ccc2c(c1)COC2. The Kier molecular flexibility index (Phi) is 3.55. The zero-order chi connectivity index (χ0) is 12.5. The highest BCUT2D eigenvalue weighted by molar-refractivity contribution is 5.34. The summed E-state index contributed by atoms with van der Waals surface area (Å²) in [6, 6.07) is 6.20. The average molecular weight is 234 g/mol. The van der Waals surface area contributed by atoms with Crippen LogP contribution in [-0.2, 0) is 18.0 Å². The number of aliphatic hydroxyl groups is 1. The molecular weight excluding hydrogens is 212 g/mol. The first-order valence-corrected chi connectivity index (χ1v) is 6.33. The molecule has 0 saturated carbocycles. The summed E-state index contributed by atoms with van der Waals surface area (Å²) in [5.74, 6) is 0. The van der Waals surface area contributed by atoms with Crippen LogP contribution in [0, 0.1) is 5.41 Å². The highest BCUT2D eigenvalue weighted by Crippen LogP contribution is 2.29. The van der Waals surface area contributed by atoms with Crippen molar-refractivity contribution in [2.75, 3.05) is 0 Å². The summed E-state index contributed by atoms with van der Waals surface area (Å²) < 4.78 is 5.38. The van der Waals surface area contributed by atoms with Crippen LogP contribution in [-0.4, -0.2) is 5.11 Å². The number of ether oxygens (including phenoxy) is 1. The Morgan fingerprint density at radius 2 is 1.94 bits per heavy atom. The van der Waals surface area contributed by atoms with Crippen LogP contribution in [0.15, 0.2) is 18.2 Å². The Hall–Kier alpha value is -0.860. The Morgan fingerprint density at radius 1 is 1.24 bits per heavy atom. The molecule has 0 saturated heterocycles. The van der Waals surface area contributed by atoms with E-state index in [1.165, 1.54) is 11.1 Å². The van der Waals surface area contributed by atoms with E-state index in [0.717, 1.165) is 18.4 Å². The van der Waals surface area contributed by atoms with Crippen molar-refractivity contribution in [3.8, 4) is 0 Å². The molecule has 0 bridgehead atoms. The topological polar surface area (TPSA) is 29.5 Å². The summed E-state index contributed by atoms with van der Waals surface area (Å²) >= 11 is 0. The second-order valence-corrected chi connectivity index (χ2v) is 6.14. The van der Waals surface area contributed by atoms with Crippen LogP contribution in [0.5, 0.6) is 0 Å². The minimum absolute atomic E-state index is 0.279. The lowest BCUT2D eigenvalue weighted by Gasteiger charge is -2.20. The summed E-state index contributed by atoms with van der Waals surface area (Å²) in [6.07, 6.45) is 1.50. The highest BCUT2D eigenvalue weighted by atomic mass is 16.5. The van der Waals surface area contributed by atoms with E-state index < -0.39 is 0 Å².